The van der Waals surface area contributed by atoms with E-state index in [4.69, 9.17) is 27.9 Å². The molecule has 0 aliphatic heterocycles. The predicted molar refractivity (Wildman–Crippen MR) is 109 cm³/mol. The van der Waals surface area contributed by atoms with E-state index in [1.807, 2.05) is 31.2 Å². The van der Waals surface area contributed by atoms with Crippen LogP contribution in [0.4, 0.5) is 5.82 Å². The lowest BCUT2D eigenvalue weighted by molar-refractivity contribution is -0.120. The van der Waals surface area contributed by atoms with Gasteiger partial charge in [0.05, 0.1) is 6.54 Å². The zero-order valence-corrected chi connectivity index (χ0v) is 16.2. The Kier molecular flexibility index (Phi) is 6.32. The van der Waals surface area contributed by atoms with E-state index in [1.165, 1.54) is 0 Å². The first-order chi connectivity index (χ1) is 13.0. The summed E-state index contributed by atoms with van der Waals surface area (Å²) >= 11 is 12.3. The maximum absolute atomic E-state index is 12.9. The first-order valence-electron chi connectivity index (χ1n) is 8.38. The fourth-order valence-corrected chi connectivity index (χ4v) is 2.85. The number of amides is 1. The maximum atomic E-state index is 12.9. The van der Waals surface area contributed by atoms with Crippen LogP contribution in [0, 0.1) is 6.92 Å². The van der Waals surface area contributed by atoms with E-state index in [1.54, 1.807) is 47.5 Å². The molecule has 0 aliphatic carbocycles. The van der Waals surface area contributed by atoms with Crippen LogP contribution < -0.4 is 9.64 Å². The normalized spacial score (nSPS) is 10.5. The quantitative estimate of drug-likeness (QED) is 0.562. The fraction of sp³-hybridized carbons (Fsp3) is 0.143. The smallest absolute Gasteiger partial charge is 0.266 e. The zero-order chi connectivity index (χ0) is 19.2. The second kappa shape index (κ2) is 8.89. The van der Waals surface area contributed by atoms with Crippen LogP contribution in [0.15, 0.2) is 66.9 Å². The van der Waals surface area contributed by atoms with Crippen LogP contribution in [-0.2, 0) is 11.3 Å². The molecule has 4 nitrogen and oxygen atoms in total. The van der Waals surface area contributed by atoms with Crippen LogP contribution in [0.5, 0.6) is 5.75 Å². The van der Waals surface area contributed by atoms with Gasteiger partial charge >= 0.3 is 0 Å². The highest BCUT2D eigenvalue weighted by Gasteiger charge is 2.19. The first-order valence-corrected chi connectivity index (χ1v) is 9.14. The lowest BCUT2D eigenvalue weighted by atomic mass is 10.2. The minimum atomic E-state index is -0.221. The van der Waals surface area contributed by atoms with Gasteiger partial charge in [0, 0.05) is 16.2 Å². The van der Waals surface area contributed by atoms with Gasteiger partial charge in [0.1, 0.15) is 11.6 Å². The van der Waals surface area contributed by atoms with Crippen LogP contribution in [0.25, 0.3) is 0 Å². The minimum Gasteiger partial charge on any atom is -0.484 e. The third-order valence-corrected chi connectivity index (χ3v) is 4.80. The van der Waals surface area contributed by atoms with E-state index in [0.29, 0.717) is 28.2 Å². The highest BCUT2D eigenvalue weighted by molar-refractivity contribution is 6.31. The average Bonchev–Trinajstić information content (AvgIpc) is 2.68. The van der Waals surface area contributed by atoms with E-state index in [9.17, 15) is 4.79 Å². The minimum absolute atomic E-state index is 0.123. The van der Waals surface area contributed by atoms with Crippen molar-refractivity contribution in [2.75, 3.05) is 11.5 Å². The summed E-state index contributed by atoms with van der Waals surface area (Å²) in [4.78, 5) is 18.7. The van der Waals surface area contributed by atoms with Crippen molar-refractivity contribution in [1.82, 2.24) is 4.98 Å². The number of halogens is 2. The van der Waals surface area contributed by atoms with Gasteiger partial charge < -0.3 is 4.74 Å². The van der Waals surface area contributed by atoms with E-state index in [0.717, 1.165) is 11.1 Å². The molecule has 0 fully saturated rings. The summed E-state index contributed by atoms with van der Waals surface area (Å²) in [6, 6.07) is 18.1. The van der Waals surface area contributed by atoms with Crippen LogP contribution in [0.1, 0.15) is 11.1 Å². The lowest BCUT2D eigenvalue weighted by Gasteiger charge is -2.22. The Hall–Kier alpha value is -2.56. The second-order valence-electron chi connectivity index (χ2n) is 5.96. The number of hydrogen-bond acceptors (Lipinski definition) is 3. The summed E-state index contributed by atoms with van der Waals surface area (Å²) in [7, 11) is 0. The molecule has 0 radical (unpaired) electrons. The van der Waals surface area contributed by atoms with Crippen molar-refractivity contribution in [3.05, 3.63) is 88.0 Å². The summed E-state index contributed by atoms with van der Waals surface area (Å²) in [6.07, 6.45) is 1.64. The molecule has 1 aromatic heterocycles. The van der Waals surface area contributed by atoms with Gasteiger partial charge in [0.2, 0.25) is 0 Å². The molecule has 0 saturated carbocycles. The van der Waals surface area contributed by atoms with Crippen molar-refractivity contribution in [3.8, 4) is 5.75 Å². The Labute approximate surface area is 168 Å². The van der Waals surface area contributed by atoms with E-state index in [2.05, 4.69) is 4.98 Å². The van der Waals surface area contributed by atoms with Crippen LogP contribution in [0.3, 0.4) is 0 Å². The monoisotopic (exact) mass is 400 g/mol. The number of nitrogens with zero attached hydrogens (tertiary/aromatic N) is 2. The zero-order valence-electron chi connectivity index (χ0n) is 14.7. The molecule has 0 saturated heterocycles. The predicted octanol–water partition coefficient (Wildman–Crippen LogP) is 5.31. The van der Waals surface area contributed by atoms with E-state index >= 15 is 0 Å². The number of pyridine rings is 1. The Bertz CT molecular complexity index is 932. The van der Waals surface area contributed by atoms with Crippen LogP contribution >= 0.6 is 23.2 Å². The molecule has 2 aromatic carbocycles. The molecule has 27 heavy (non-hydrogen) atoms. The third kappa shape index (κ3) is 5.00. The largest absolute Gasteiger partial charge is 0.484 e. The second-order valence-corrected chi connectivity index (χ2v) is 6.77. The summed E-state index contributed by atoms with van der Waals surface area (Å²) in [5.74, 6) is 0.906. The van der Waals surface area contributed by atoms with Gasteiger partial charge in [-0.15, -0.1) is 0 Å². The molecular weight excluding hydrogens is 383 g/mol. The highest BCUT2D eigenvalue weighted by atomic mass is 35.5. The molecule has 0 unspecified atom stereocenters. The van der Waals surface area contributed by atoms with Gasteiger partial charge in [-0.25, -0.2) is 4.98 Å². The van der Waals surface area contributed by atoms with Crippen molar-refractivity contribution >= 4 is 34.9 Å². The van der Waals surface area contributed by atoms with Crippen molar-refractivity contribution in [2.45, 2.75) is 13.5 Å². The Morgan fingerprint density at radius 2 is 1.81 bits per heavy atom. The number of rotatable bonds is 6. The number of ether oxygens (including phenoxy) is 1. The van der Waals surface area contributed by atoms with Gasteiger partial charge in [-0.2, -0.15) is 0 Å². The molecule has 1 amide bonds. The number of aryl methyl sites for hydroxylation is 1. The molecule has 138 valence electrons. The van der Waals surface area contributed by atoms with Gasteiger partial charge in [0.15, 0.2) is 6.61 Å². The van der Waals surface area contributed by atoms with Gasteiger partial charge in [-0.3, -0.25) is 9.69 Å². The van der Waals surface area contributed by atoms with E-state index < -0.39 is 0 Å². The van der Waals surface area contributed by atoms with Gasteiger partial charge in [0.25, 0.3) is 5.91 Å². The third-order valence-electron chi connectivity index (χ3n) is 4.00. The van der Waals surface area contributed by atoms with Crippen molar-refractivity contribution in [1.29, 1.82) is 0 Å². The van der Waals surface area contributed by atoms with Crippen molar-refractivity contribution in [3.63, 3.8) is 0 Å². The molecule has 0 spiro atoms. The molecule has 1 heterocycles. The van der Waals surface area contributed by atoms with Crippen molar-refractivity contribution in [2.24, 2.45) is 0 Å². The summed E-state index contributed by atoms with van der Waals surface area (Å²) < 4.78 is 5.66. The number of benzene rings is 2. The number of hydrogen-bond donors (Lipinski definition) is 0. The van der Waals surface area contributed by atoms with Crippen LogP contribution in [0.2, 0.25) is 10.0 Å². The fourth-order valence-electron chi connectivity index (χ4n) is 2.54. The summed E-state index contributed by atoms with van der Waals surface area (Å²) in [5.41, 5.74) is 1.72. The molecule has 3 aromatic rings. The maximum Gasteiger partial charge on any atom is 0.266 e. The van der Waals surface area contributed by atoms with Gasteiger partial charge in [-0.1, -0.05) is 47.5 Å². The first kappa shape index (κ1) is 19.2. The summed E-state index contributed by atoms with van der Waals surface area (Å²) in [6.45, 7) is 2.06. The Morgan fingerprint density at radius 1 is 1.04 bits per heavy atom. The molecule has 6 heteroatoms. The highest BCUT2D eigenvalue weighted by Crippen LogP contribution is 2.23. The molecule has 0 atom stereocenters. The SMILES string of the molecule is Cc1cc(OCC(=O)N(Cc2ccccc2Cl)c2ccccn2)ccc1Cl. The Morgan fingerprint density at radius 3 is 2.52 bits per heavy atom. The molecule has 0 aliphatic rings. The molecule has 0 bridgehead atoms. The summed E-state index contributed by atoms with van der Waals surface area (Å²) in [5, 5.41) is 1.25. The topological polar surface area (TPSA) is 42.4 Å². The molecular formula is C21H18Cl2N2O2. The Balaban J connectivity index is 1.78. The molecule has 3 rings (SSSR count). The number of anilines is 1. The number of carbonyl (C=O) groups is 1. The molecule has 0 N–H and O–H groups in total. The standard InChI is InChI=1S/C21H18Cl2N2O2/c1-15-12-17(9-10-18(15)22)27-14-21(26)25(20-8-4-5-11-24-20)13-16-6-2-3-7-19(16)23/h2-12H,13-14H2,1H3. The van der Waals surface area contributed by atoms with Crippen LogP contribution in [-0.4, -0.2) is 17.5 Å². The number of aromatic nitrogens is 1. The number of carbonyl (C=O) groups excluding carboxylic acids is 1. The van der Waals surface area contributed by atoms with E-state index in [-0.39, 0.29) is 12.5 Å². The van der Waals surface area contributed by atoms with Crippen molar-refractivity contribution < 1.29 is 9.53 Å². The van der Waals surface area contributed by atoms with Gasteiger partial charge in [-0.05, 0) is 54.4 Å². The average molecular weight is 401 g/mol. The lowest BCUT2D eigenvalue weighted by Crippen LogP contribution is -2.35.